The second kappa shape index (κ2) is 12.3. The van der Waals surface area contributed by atoms with Gasteiger partial charge in [0.25, 0.3) is 0 Å². The predicted molar refractivity (Wildman–Crippen MR) is 159 cm³/mol. The lowest BCUT2D eigenvalue weighted by atomic mass is 9.87. The number of anilines is 1. The molecule has 5 heterocycles. The van der Waals surface area contributed by atoms with Crippen molar-refractivity contribution in [2.24, 2.45) is 5.92 Å². The molecular formula is C29H35ClN5O9P. The number of benzene rings is 1. The molecule has 45 heavy (non-hydrogen) atoms. The van der Waals surface area contributed by atoms with Gasteiger partial charge in [-0.1, -0.05) is 55.8 Å². The number of carbonyl (C=O) groups excluding carboxylic acids is 1. The third-order valence-electron chi connectivity index (χ3n) is 8.88. The zero-order valence-electron chi connectivity index (χ0n) is 24.7. The number of phosphoric acid groups is 1. The number of hydrogen-bond donors (Lipinski definition) is 1. The number of imidazole rings is 1. The number of aromatic nitrogens is 4. The van der Waals surface area contributed by atoms with Gasteiger partial charge in [-0.3, -0.25) is 18.1 Å². The number of fused-ring (bicyclic) bond motifs is 2. The van der Waals surface area contributed by atoms with Gasteiger partial charge >= 0.3 is 14.0 Å². The zero-order valence-corrected chi connectivity index (χ0v) is 26.4. The van der Waals surface area contributed by atoms with Crippen molar-refractivity contribution < 1.29 is 41.9 Å². The van der Waals surface area contributed by atoms with Gasteiger partial charge in [0.1, 0.15) is 12.4 Å². The van der Waals surface area contributed by atoms with Gasteiger partial charge in [-0.25, -0.2) is 14.3 Å². The molecular weight excluding hydrogens is 629 g/mol. The molecule has 7 rings (SSSR count). The quantitative estimate of drug-likeness (QED) is 0.212. The molecule has 3 aromatic rings. The number of ether oxygens (including phenoxy) is 4. The molecule has 0 unspecified atom stereocenters. The van der Waals surface area contributed by atoms with Crippen molar-refractivity contribution in [2.75, 3.05) is 25.6 Å². The van der Waals surface area contributed by atoms with Crippen molar-refractivity contribution >= 4 is 42.7 Å². The van der Waals surface area contributed by atoms with E-state index in [-0.39, 0.29) is 25.0 Å². The predicted octanol–water partition coefficient (Wildman–Crippen LogP) is 5.91. The molecule has 4 aliphatic rings. The van der Waals surface area contributed by atoms with E-state index < -0.39 is 44.1 Å². The molecule has 3 saturated heterocycles. The van der Waals surface area contributed by atoms with Crippen LogP contribution in [0.2, 0.25) is 5.02 Å². The Bertz CT molecular complexity index is 1620. The first-order chi connectivity index (χ1) is 21.7. The fourth-order valence-electron chi connectivity index (χ4n) is 6.64. The molecule has 14 nitrogen and oxygen atoms in total. The number of nitrogens with two attached hydrogens (primary N) is 1. The van der Waals surface area contributed by atoms with E-state index in [9.17, 15) is 9.36 Å². The standard InChI is InChI=1S/C29H35ClN5O9P/c1-29-23(42-28(36)43-29)21(15-40-45(37)39-13-11-20(44-45)18-8-5-9-19(30)14-18)41-26(29)35-16-32-24-22(35)25(34-27(31)33-24)38-12-10-17-6-3-2-4-7-17/h5,8-9,14,16-17,20-21,23,26H,2-4,6-7,10-13,15H2,1H3,(H2,31,33,34)/t20-,21+,23+,26+,29+,45+/m0/s1. The van der Waals surface area contributed by atoms with Gasteiger partial charge in [0.15, 0.2) is 29.1 Å². The fourth-order valence-corrected chi connectivity index (χ4v) is 8.23. The Labute approximate surface area is 264 Å². The van der Waals surface area contributed by atoms with E-state index in [4.69, 9.17) is 49.9 Å². The topological polar surface area (TPSA) is 168 Å². The monoisotopic (exact) mass is 663 g/mol. The smallest absolute Gasteiger partial charge is 0.476 e. The first-order valence-corrected chi connectivity index (χ1v) is 17.1. The third kappa shape index (κ3) is 6.11. The van der Waals surface area contributed by atoms with Crippen molar-refractivity contribution in [3.8, 4) is 5.88 Å². The Hall–Kier alpha value is -3.00. The molecule has 16 heteroatoms. The summed E-state index contributed by atoms with van der Waals surface area (Å²) in [7, 11) is -4.01. The van der Waals surface area contributed by atoms with Crippen LogP contribution in [-0.4, -0.2) is 63.3 Å². The molecule has 1 aromatic carbocycles. The lowest BCUT2D eigenvalue weighted by Gasteiger charge is -2.30. The SMILES string of the molecule is C[C@@]12OC(=O)O[C@@H]1[C@@H](CO[P@@]1(=O)OCC[C@@H](c3cccc(Cl)c3)O1)O[C@H]2n1cnc2nc(N)nc(OCCC3CCCCC3)c21. The number of hydrogen-bond acceptors (Lipinski definition) is 13. The van der Waals surface area contributed by atoms with Crippen LogP contribution in [0.1, 0.15) is 69.8 Å². The summed E-state index contributed by atoms with van der Waals surface area (Å²) in [5, 5.41) is 0.531. The minimum atomic E-state index is -4.01. The minimum absolute atomic E-state index is 0.0204. The van der Waals surface area contributed by atoms with Crippen LogP contribution in [0.15, 0.2) is 30.6 Å². The molecule has 0 bridgehead atoms. The first-order valence-electron chi connectivity index (χ1n) is 15.2. The van der Waals surface area contributed by atoms with E-state index in [1.165, 1.54) is 38.4 Å². The van der Waals surface area contributed by atoms with E-state index in [0.29, 0.717) is 35.1 Å². The van der Waals surface area contributed by atoms with Crippen LogP contribution in [0.25, 0.3) is 11.2 Å². The van der Waals surface area contributed by atoms with Crippen LogP contribution in [0.4, 0.5) is 10.7 Å². The van der Waals surface area contributed by atoms with Gasteiger partial charge in [0, 0.05) is 11.4 Å². The van der Waals surface area contributed by atoms with Crippen LogP contribution in [0, 0.1) is 5.92 Å². The summed E-state index contributed by atoms with van der Waals surface area (Å²) >= 11 is 6.14. The maximum Gasteiger partial charge on any atom is 0.509 e. The largest absolute Gasteiger partial charge is 0.509 e. The van der Waals surface area contributed by atoms with Crippen molar-refractivity contribution in [2.45, 2.75) is 82.0 Å². The fraction of sp³-hybridized carbons (Fsp3) is 0.586. The lowest BCUT2D eigenvalue weighted by Crippen LogP contribution is -2.42. The second-order valence-corrected chi connectivity index (χ2v) is 14.0. The number of carbonyl (C=O) groups is 1. The summed E-state index contributed by atoms with van der Waals surface area (Å²) in [5.41, 5.74) is 6.15. The Morgan fingerprint density at radius 2 is 2.04 bits per heavy atom. The maximum atomic E-state index is 13.5. The highest BCUT2D eigenvalue weighted by Crippen LogP contribution is 2.58. The van der Waals surface area contributed by atoms with Gasteiger partial charge in [-0.05, 0) is 37.0 Å². The summed E-state index contributed by atoms with van der Waals surface area (Å²) in [5.74, 6) is 0.879. The van der Waals surface area contributed by atoms with Gasteiger partial charge in [0.05, 0.1) is 25.9 Å². The van der Waals surface area contributed by atoms with E-state index in [0.717, 1.165) is 12.0 Å². The lowest BCUT2D eigenvalue weighted by molar-refractivity contribution is -0.0924. The van der Waals surface area contributed by atoms with E-state index in [1.54, 1.807) is 29.7 Å². The molecule has 4 fully saturated rings. The number of nitrogens with zero attached hydrogens (tertiary/aromatic N) is 4. The Morgan fingerprint density at radius 3 is 2.87 bits per heavy atom. The molecule has 1 saturated carbocycles. The second-order valence-electron chi connectivity index (χ2n) is 12.0. The van der Waals surface area contributed by atoms with E-state index >= 15 is 0 Å². The minimum Gasteiger partial charge on any atom is -0.476 e. The Kier molecular flexibility index (Phi) is 8.38. The van der Waals surface area contributed by atoms with Crippen LogP contribution in [-0.2, 0) is 32.3 Å². The summed E-state index contributed by atoms with van der Waals surface area (Å²) in [6, 6.07) is 7.11. The van der Waals surface area contributed by atoms with Crippen molar-refractivity contribution in [1.82, 2.24) is 19.5 Å². The highest BCUT2D eigenvalue weighted by Gasteiger charge is 2.64. The number of nitrogen functional groups attached to an aromatic ring is 1. The molecule has 3 aliphatic heterocycles. The molecule has 242 valence electrons. The maximum absolute atomic E-state index is 13.5. The van der Waals surface area contributed by atoms with Crippen molar-refractivity contribution in [3.63, 3.8) is 0 Å². The van der Waals surface area contributed by atoms with Crippen LogP contribution < -0.4 is 10.5 Å². The number of phosphoric ester groups is 1. The molecule has 0 amide bonds. The molecule has 0 radical (unpaired) electrons. The van der Waals surface area contributed by atoms with Gasteiger partial charge in [-0.2, -0.15) is 9.97 Å². The normalized spacial score (nSPS) is 31.9. The van der Waals surface area contributed by atoms with E-state index in [1.807, 2.05) is 6.07 Å². The zero-order chi connectivity index (χ0) is 31.2. The highest BCUT2D eigenvalue weighted by atomic mass is 35.5. The molecule has 6 atom stereocenters. The number of halogens is 1. The summed E-state index contributed by atoms with van der Waals surface area (Å²) in [6.45, 7) is 2.00. The van der Waals surface area contributed by atoms with Gasteiger partial charge in [0.2, 0.25) is 11.8 Å². The highest BCUT2D eigenvalue weighted by molar-refractivity contribution is 7.48. The van der Waals surface area contributed by atoms with E-state index in [2.05, 4.69) is 15.0 Å². The van der Waals surface area contributed by atoms with Gasteiger partial charge < -0.3 is 24.7 Å². The number of rotatable bonds is 9. The molecule has 1 aliphatic carbocycles. The molecule has 0 spiro atoms. The Morgan fingerprint density at radius 1 is 1.20 bits per heavy atom. The summed E-state index contributed by atoms with van der Waals surface area (Å²) in [4.78, 5) is 25.5. The van der Waals surface area contributed by atoms with Crippen molar-refractivity contribution in [3.05, 3.63) is 41.2 Å². The summed E-state index contributed by atoms with van der Waals surface area (Å²) in [6.07, 6.45) is 4.82. The third-order valence-corrected chi connectivity index (χ3v) is 10.6. The van der Waals surface area contributed by atoms with Crippen LogP contribution in [0.5, 0.6) is 5.88 Å². The average Bonchev–Trinajstić information content (AvgIpc) is 3.65. The van der Waals surface area contributed by atoms with Crippen LogP contribution >= 0.6 is 19.4 Å². The first kappa shape index (κ1) is 30.6. The average molecular weight is 664 g/mol. The summed E-state index contributed by atoms with van der Waals surface area (Å²) < 4.78 is 55.9. The van der Waals surface area contributed by atoms with Crippen molar-refractivity contribution in [1.29, 1.82) is 0 Å². The molecule has 2 N–H and O–H groups in total. The van der Waals surface area contributed by atoms with Crippen LogP contribution in [0.3, 0.4) is 0 Å². The molecule has 2 aromatic heterocycles. The Balaban J connectivity index is 1.10. The van der Waals surface area contributed by atoms with Gasteiger partial charge in [-0.15, -0.1) is 0 Å².